The summed E-state index contributed by atoms with van der Waals surface area (Å²) in [5.74, 6) is -0.915. The van der Waals surface area contributed by atoms with Crippen LogP contribution in [0.15, 0.2) is 17.5 Å². The zero-order valence-corrected chi connectivity index (χ0v) is 12.5. The van der Waals surface area contributed by atoms with Crippen LogP contribution in [-0.4, -0.2) is 40.6 Å². The van der Waals surface area contributed by atoms with E-state index in [1.807, 2.05) is 31.4 Å². The molecule has 0 bridgehead atoms. The Bertz CT molecular complexity index is 475. The van der Waals surface area contributed by atoms with Crippen molar-refractivity contribution >= 4 is 23.3 Å². The van der Waals surface area contributed by atoms with Crippen LogP contribution in [0.5, 0.6) is 0 Å². The normalized spacial score (nSPS) is 23.6. The van der Waals surface area contributed by atoms with E-state index in [4.69, 9.17) is 0 Å². The van der Waals surface area contributed by atoms with E-state index in [2.05, 4.69) is 5.32 Å². The van der Waals surface area contributed by atoms with Gasteiger partial charge in [0.15, 0.2) is 0 Å². The van der Waals surface area contributed by atoms with E-state index in [1.54, 1.807) is 11.3 Å². The van der Waals surface area contributed by atoms with Gasteiger partial charge in [0.1, 0.15) is 6.04 Å². The van der Waals surface area contributed by atoms with Crippen LogP contribution in [-0.2, 0) is 11.2 Å². The fourth-order valence-electron chi connectivity index (χ4n) is 2.63. The predicted octanol–water partition coefficient (Wildman–Crippen LogP) is 2.18. The smallest absolute Gasteiger partial charge is 0.326 e. The second kappa shape index (κ2) is 6.26. The molecule has 0 radical (unpaired) electrons. The quantitative estimate of drug-likeness (QED) is 0.894. The maximum atomic E-state index is 12.2. The number of carboxylic acid groups (broad SMARTS) is 1. The number of carboxylic acids is 1. The van der Waals surface area contributed by atoms with E-state index in [0.717, 1.165) is 12.8 Å². The molecule has 2 amide bonds. The van der Waals surface area contributed by atoms with E-state index in [0.29, 0.717) is 6.54 Å². The lowest BCUT2D eigenvalue weighted by Gasteiger charge is -2.25. The lowest BCUT2D eigenvalue weighted by atomic mass is 10.0. The Kier molecular flexibility index (Phi) is 4.65. The maximum Gasteiger partial charge on any atom is 0.326 e. The van der Waals surface area contributed by atoms with Crippen molar-refractivity contribution in [2.24, 2.45) is 5.92 Å². The van der Waals surface area contributed by atoms with Gasteiger partial charge < -0.3 is 15.3 Å². The number of carbonyl (C=O) groups excluding carboxylic acids is 1. The Morgan fingerprint density at radius 2 is 2.35 bits per heavy atom. The van der Waals surface area contributed by atoms with E-state index >= 15 is 0 Å². The maximum absolute atomic E-state index is 12.2. The highest BCUT2D eigenvalue weighted by Crippen LogP contribution is 2.24. The molecule has 0 aliphatic carbocycles. The molecule has 1 aromatic heterocycles. The number of aliphatic carboxylic acids is 1. The number of thiophene rings is 1. The van der Waals surface area contributed by atoms with Gasteiger partial charge in [-0.25, -0.2) is 9.59 Å². The Hall–Kier alpha value is -1.56. The molecule has 2 heterocycles. The van der Waals surface area contributed by atoms with Crippen LogP contribution < -0.4 is 5.32 Å². The lowest BCUT2D eigenvalue weighted by molar-refractivity contribution is -0.142. The van der Waals surface area contributed by atoms with Gasteiger partial charge in [-0.15, -0.1) is 11.3 Å². The van der Waals surface area contributed by atoms with Gasteiger partial charge in [-0.1, -0.05) is 13.0 Å². The van der Waals surface area contributed by atoms with Gasteiger partial charge in [0, 0.05) is 23.9 Å². The lowest BCUT2D eigenvalue weighted by Crippen LogP contribution is -2.50. The first-order valence-corrected chi connectivity index (χ1v) is 7.69. The molecule has 0 saturated carbocycles. The first kappa shape index (κ1) is 14.8. The molecule has 5 nitrogen and oxygen atoms in total. The van der Waals surface area contributed by atoms with Crippen LogP contribution >= 0.6 is 11.3 Å². The number of urea groups is 1. The number of rotatable bonds is 4. The predicted molar refractivity (Wildman–Crippen MR) is 77.9 cm³/mol. The number of amides is 2. The molecule has 1 aliphatic heterocycles. The second-order valence-corrected chi connectivity index (χ2v) is 6.41. The molecule has 110 valence electrons. The summed E-state index contributed by atoms with van der Waals surface area (Å²) in [5, 5.41) is 14.1. The van der Waals surface area contributed by atoms with E-state index in [-0.39, 0.29) is 18.0 Å². The molecule has 0 spiro atoms. The van der Waals surface area contributed by atoms with Gasteiger partial charge in [0.05, 0.1) is 0 Å². The average Bonchev–Trinajstić information content (AvgIpc) is 2.97. The van der Waals surface area contributed by atoms with Gasteiger partial charge >= 0.3 is 12.0 Å². The molecule has 3 atom stereocenters. The summed E-state index contributed by atoms with van der Waals surface area (Å²) in [7, 11) is 0. The Balaban J connectivity index is 1.92. The highest BCUT2D eigenvalue weighted by molar-refractivity contribution is 7.09. The van der Waals surface area contributed by atoms with Crippen molar-refractivity contribution in [3.05, 3.63) is 22.4 Å². The van der Waals surface area contributed by atoms with Crippen molar-refractivity contribution in [1.82, 2.24) is 10.2 Å². The number of hydrogen-bond donors (Lipinski definition) is 2. The minimum atomic E-state index is -0.920. The van der Waals surface area contributed by atoms with Crippen molar-refractivity contribution in [1.29, 1.82) is 0 Å². The molecular weight excluding hydrogens is 276 g/mol. The Morgan fingerprint density at radius 1 is 1.60 bits per heavy atom. The van der Waals surface area contributed by atoms with Crippen LogP contribution in [0.4, 0.5) is 4.79 Å². The third-order valence-electron chi connectivity index (χ3n) is 3.67. The molecule has 2 N–H and O–H groups in total. The zero-order chi connectivity index (χ0) is 14.7. The highest BCUT2D eigenvalue weighted by atomic mass is 32.1. The zero-order valence-electron chi connectivity index (χ0n) is 11.7. The number of nitrogens with one attached hydrogen (secondary N) is 1. The van der Waals surface area contributed by atoms with Gasteiger partial charge in [0.2, 0.25) is 0 Å². The molecule has 2 rings (SSSR count). The average molecular weight is 296 g/mol. The Morgan fingerprint density at radius 3 is 2.95 bits per heavy atom. The fraction of sp³-hybridized carbons (Fsp3) is 0.571. The van der Waals surface area contributed by atoms with Gasteiger partial charge in [0.25, 0.3) is 0 Å². The van der Waals surface area contributed by atoms with Crippen LogP contribution in [0.2, 0.25) is 0 Å². The summed E-state index contributed by atoms with van der Waals surface area (Å²) in [5.41, 5.74) is 0. The van der Waals surface area contributed by atoms with E-state index < -0.39 is 12.0 Å². The van der Waals surface area contributed by atoms with Crippen LogP contribution in [0, 0.1) is 5.92 Å². The standard InChI is InChI=1S/C14H20N2O3S/c1-9-5-6-16(12(9)13(17)18)14(19)15-10(2)8-11-4-3-7-20-11/h3-4,7,9-10,12H,5-6,8H2,1-2H3,(H,15,19)(H,17,18). The molecule has 1 aromatic rings. The van der Waals surface area contributed by atoms with Gasteiger partial charge in [-0.05, 0) is 30.7 Å². The van der Waals surface area contributed by atoms with E-state index in [1.165, 1.54) is 9.78 Å². The molecule has 0 aromatic carbocycles. The van der Waals surface area contributed by atoms with Crippen molar-refractivity contribution in [3.8, 4) is 0 Å². The SMILES string of the molecule is CC(Cc1cccs1)NC(=O)N1CCC(C)C1C(=O)O. The van der Waals surface area contributed by atoms with Crippen LogP contribution in [0.3, 0.4) is 0 Å². The topological polar surface area (TPSA) is 69.6 Å². The summed E-state index contributed by atoms with van der Waals surface area (Å²) in [4.78, 5) is 26.1. The van der Waals surface area contributed by atoms with Crippen molar-refractivity contribution in [2.75, 3.05) is 6.54 Å². The summed E-state index contributed by atoms with van der Waals surface area (Å²) >= 11 is 1.66. The minimum Gasteiger partial charge on any atom is -0.480 e. The molecule has 1 fully saturated rings. The number of carbonyl (C=O) groups is 2. The molecule has 1 saturated heterocycles. The first-order valence-electron chi connectivity index (χ1n) is 6.81. The third kappa shape index (κ3) is 3.30. The van der Waals surface area contributed by atoms with Crippen molar-refractivity contribution in [2.45, 2.75) is 38.8 Å². The van der Waals surface area contributed by atoms with Gasteiger partial charge in [-0.3, -0.25) is 0 Å². The molecule has 6 heteroatoms. The Labute approximate surface area is 122 Å². The number of nitrogens with zero attached hydrogens (tertiary/aromatic N) is 1. The van der Waals surface area contributed by atoms with Crippen LogP contribution in [0.1, 0.15) is 25.1 Å². The first-order chi connectivity index (χ1) is 9.49. The third-order valence-corrected chi connectivity index (χ3v) is 4.57. The second-order valence-electron chi connectivity index (χ2n) is 5.38. The molecular formula is C14H20N2O3S. The minimum absolute atomic E-state index is 0.00542. The van der Waals surface area contributed by atoms with Crippen molar-refractivity contribution in [3.63, 3.8) is 0 Å². The fourth-order valence-corrected chi connectivity index (χ4v) is 3.46. The summed E-state index contributed by atoms with van der Waals surface area (Å²) in [6.07, 6.45) is 1.51. The van der Waals surface area contributed by atoms with E-state index in [9.17, 15) is 14.7 Å². The van der Waals surface area contributed by atoms with Crippen molar-refractivity contribution < 1.29 is 14.7 Å². The highest BCUT2D eigenvalue weighted by Gasteiger charge is 2.39. The largest absolute Gasteiger partial charge is 0.480 e. The molecule has 3 unspecified atom stereocenters. The number of hydrogen-bond acceptors (Lipinski definition) is 3. The monoisotopic (exact) mass is 296 g/mol. The molecule has 1 aliphatic rings. The van der Waals surface area contributed by atoms with Crippen LogP contribution in [0.25, 0.3) is 0 Å². The summed E-state index contributed by atoms with van der Waals surface area (Å²) in [6, 6.07) is 3.03. The molecule has 20 heavy (non-hydrogen) atoms. The van der Waals surface area contributed by atoms with Gasteiger partial charge in [-0.2, -0.15) is 0 Å². The summed E-state index contributed by atoms with van der Waals surface area (Å²) in [6.45, 7) is 4.32. The summed E-state index contributed by atoms with van der Waals surface area (Å²) < 4.78 is 0. The number of likely N-dealkylation sites (tertiary alicyclic amines) is 1.